The number of carbonyl (C=O) groups excluding carboxylic acids is 1. The lowest BCUT2D eigenvalue weighted by Gasteiger charge is -2.19. The van der Waals surface area contributed by atoms with Crippen LogP contribution in [0.15, 0.2) is 71.7 Å². The molecule has 0 saturated carbocycles. The van der Waals surface area contributed by atoms with Crippen LogP contribution in [0.2, 0.25) is 5.02 Å². The molecule has 0 radical (unpaired) electrons. The van der Waals surface area contributed by atoms with Gasteiger partial charge in [0, 0.05) is 29.7 Å². The molecule has 4 aromatic rings. The number of rotatable bonds is 11. The third kappa shape index (κ3) is 6.42. The van der Waals surface area contributed by atoms with Crippen LogP contribution in [0, 0.1) is 0 Å². The van der Waals surface area contributed by atoms with Crippen molar-refractivity contribution in [2.75, 3.05) is 13.2 Å². The van der Waals surface area contributed by atoms with Crippen molar-refractivity contribution in [1.82, 2.24) is 15.2 Å². The Kier molecular flexibility index (Phi) is 8.93. The molecule has 2 N–H and O–H groups in total. The summed E-state index contributed by atoms with van der Waals surface area (Å²) in [6, 6.07) is 19.4. The Morgan fingerprint density at radius 2 is 1.89 bits per heavy atom. The third-order valence-electron chi connectivity index (χ3n) is 5.88. The molecule has 0 bridgehead atoms. The second kappa shape index (κ2) is 12.3. The quantitative estimate of drug-likeness (QED) is 0.274. The number of halogens is 1. The van der Waals surface area contributed by atoms with Gasteiger partial charge in [-0.15, -0.1) is 11.3 Å². The van der Waals surface area contributed by atoms with Crippen molar-refractivity contribution in [3.63, 3.8) is 0 Å². The van der Waals surface area contributed by atoms with Crippen LogP contribution in [0.3, 0.4) is 0 Å². The summed E-state index contributed by atoms with van der Waals surface area (Å²) in [5, 5.41) is 7.53. The topological polar surface area (TPSA) is 72.4 Å². The van der Waals surface area contributed by atoms with Gasteiger partial charge in [-0.3, -0.25) is 9.59 Å². The minimum absolute atomic E-state index is 0.0997. The van der Waals surface area contributed by atoms with Gasteiger partial charge in [0.25, 0.3) is 5.91 Å². The standard InChI is InChI=1S/C28H30ClN3O3S/c1-3-13-30-25(20-7-5-4-6-8-20)18-35-17-22-14-23-26(33)24(16-32(2)28(23)36-22)27(34)31-15-19-9-11-21(29)12-10-19/h4-12,14,16,25,30H,3,13,15,17-18H2,1-2H3,(H,31,34). The highest BCUT2D eigenvalue weighted by Gasteiger charge is 2.17. The van der Waals surface area contributed by atoms with Gasteiger partial charge >= 0.3 is 0 Å². The van der Waals surface area contributed by atoms with Crippen molar-refractivity contribution in [3.8, 4) is 0 Å². The molecule has 8 heteroatoms. The molecule has 2 aromatic heterocycles. The van der Waals surface area contributed by atoms with E-state index in [2.05, 4.69) is 29.7 Å². The number of hydrogen-bond acceptors (Lipinski definition) is 5. The van der Waals surface area contributed by atoms with E-state index in [-0.39, 0.29) is 17.0 Å². The van der Waals surface area contributed by atoms with E-state index < -0.39 is 5.91 Å². The molecule has 188 valence electrons. The van der Waals surface area contributed by atoms with Crippen molar-refractivity contribution in [2.24, 2.45) is 7.05 Å². The molecule has 1 amide bonds. The number of aromatic nitrogens is 1. The van der Waals surface area contributed by atoms with Gasteiger partial charge in [-0.1, -0.05) is 61.0 Å². The molecule has 1 atom stereocenters. The maximum Gasteiger partial charge on any atom is 0.257 e. The zero-order valence-electron chi connectivity index (χ0n) is 20.4. The van der Waals surface area contributed by atoms with Crippen LogP contribution < -0.4 is 16.1 Å². The number of hydrogen-bond donors (Lipinski definition) is 2. The molecule has 6 nitrogen and oxygen atoms in total. The summed E-state index contributed by atoms with van der Waals surface area (Å²) < 4.78 is 7.90. The Morgan fingerprint density at radius 1 is 1.14 bits per heavy atom. The van der Waals surface area contributed by atoms with Crippen molar-refractivity contribution >= 4 is 39.1 Å². The van der Waals surface area contributed by atoms with Crippen molar-refractivity contribution in [2.45, 2.75) is 32.5 Å². The van der Waals surface area contributed by atoms with Crippen molar-refractivity contribution < 1.29 is 9.53 Å². The normalized spacial score (nSPS) is 12.1. The van der Waals surface area contributed by atoms with Gasteiger partial charge in [0.2, 0.25) is 5.43 Å². The van der Waals surface area contributed by atoms with E-state index in [4.69, 9.17) is 16.3 Å². The van der Waals surface area contributed by atoms with E-state index in [1.165, 1.54) is 16.9 Å². The SMILES string of the molecule is CCCNC(COCc1cc2c(=O)c(C(=O)NCc3ccc(Cl)cc3)cn(C)c2s1)c1ccccc1. The Hall–Kier alpha value is -2.97. The van der Waals surface area contributed by atoms with E-state index in [1.54, 1.807) is 18.3 Å². The van der Waals surface area contributed by atoms with Gasteiger partial charge in [-0.05, 0) is 42.3 Å². The summed E-state index contributed by atoms with van der Waals surface area (Å²) in [5.74, 6) is -0.399. The average Bonchev–Trinajstić information content (AvgIpc) is 3.33. The molecule has 0 saturated heterocycles. The monoisotopic (exact) mass is 523 g/mol. The Balaban J connectivity index is 1.44. The molecule has 0 aliphatic heterocycles. The van der Waals surface area contributed by atoms with Crippen LogP contribution in [-0.2, 0) is 24.9 Å². The lowest BCUT2D eigenvalue weighted by molar-refractivity contribution is 0.0949. The predicted octanol–water partition coefficient (Wildman–Crippen LogP) is 5.44. The van der Waals surface area contributed by atoms with Crippen LogP contribution in [0.5, 0.6) is 0 Å². The highest BCUT2D eigenvalue weighted by atomic mass is 35.5. The number of pyridine rings is 1. The number of thiophene rings is 1. The number of nitrogens with zero attached hydrogens (tertiary/aromatic N) is 1. The highest BCUT2D eigenvalue weighted by Crippen LogP contribution is 2.25. The molecule has 0 aliphatic carbocycles. The molecule has 2 aromatic carbocycles. The summed E-state index contributed by atoms with van der Waals surface area (Å²) in [6.07, 6.45) is 2.64. The molecule has 0 fully saturated rings. The summed E-state index contributed by atoms with van der Waals surface area (Å²) in [4.78, 5) is 27.7. The van der Waals surface area contributed by atoms with Gasteiger partial charge in [-0.2, -0.15) is 0 Å². The zero-order chi connectivity index (χ0) is 25.5. The molecule has 2 heterocycles. The second-order valence-corrected chi connectivity index (χ2v) is 10.2. The molecule has 0 aliphatic rings. The Labute approximate surface area is 219 Å². The lowest BCUT2D eigenvalue weighted by Crippen LogP contribution is -2.29. The van der Waals surface area contributed by atoms with E-state index in [0.717, 1.165) is 28.2 Å². The number of aryl methyl sites for hydroxylation is 1. The van der Waals surface area contributed by atoms with E-state index in [0.29, 0.717) is 30.2 Å². The van der Waals surface area contributed by atoms with Gasteiger partial charge in [0.05, 0.1) is 24.6 Å². The number of amides is 1. The number of benzene rings is 2. The minimum Gasteiger partial charge on any atom is -0.374 e. The molecular weight excluding hydrogens is 494 g/mol. The maximum atomic E-state index is 13.1. The molecule has 4 rings (SSSR count). The summed E-state index contributed by atoms with van der Waals surface area (Å²) >= 11 is 7.43. The summed E-state index contributed by atoms with van der Waals surface area (Å²) in [5.41, 5.74) is 1.94. The molecule has 36 heavy (non-hydrogen) atoms. The fourth-order valence-corrected chi connectivity index (χ4v) is 5.13. The van der Waals surface area contributed by atoms with Crippen molar-refractivity contribution in [1.29, 1.82) is 0 Å². The average molecular weight is 524 g/mol. The van der Waals surface area contributed by atoms with Gasteiger partial charge in [-0.25, -0.2) is 0 Å². The second-order valence-electron chi connectivity index (χ2n) is 8.66. The third-order valence-corrected chi connectivity index (χ3v) is 7.33. The first-order valence-corrected chi connectivity index (χ1v) is 13.2. The van der Waals surface area contributed by atoms with Gasteiger partial charge in [0.15, 0.2) is 0 Å². The van der Waals surface area contributed by atoms with Crippen LogP contribution in [0.25, 0.3) is 10.2 Å². The van der Waals surface area contributed by atoms with Crippen LogP contribution in [0.4, 0.5) is 0 Å². The van der Waals surface area contributed by atoms with Gasteiger partial charge in [0.1, 0.15) is 10.4 Å². The minimum atomic E-state index is -0.399. The predicted molar refractivity (Wildman–Crippen MR) is 147 cm³/mol. The van der Waals surface area contributed by atoms with Crippen LogP contribution in [0.1, 0.15) is 45.7 Å². The Morgan fingerprint density at radius 3 is 2.61 bits per heavy atom. The van der Waals surface area contributed by atoms with Crippen LogP contribution in [-0.4, -0.2) is 23.6 Å². The number of ether oxygens (including phenoxy) is 1. The van der Waals surface area contributed by atoms with Crippen LogP contribution >= 0.6 is 22.9 Å². The van der Waals surface area contributed by atoms with E-state index in [9.17, 15) is 9.59 Å². The van der Waals surface area contributed by atoms with Crippen molar-refractivity contribution in [3.05, 3.63) is 104 Å². The summed E-state index contributed by atoms with van der Waals surface area (Å²) in [6.45, 7) is 4.28. The lowest BCUT2D eigenvalue weighted by atomic mass is 10.1. The number of carbonyl (C=O) groups is 1. The first-order chi connectivity index (χ1) is 17.5. The number of nitrogens with one attached hydrogen (secondary N) is 2. The zero-order valence-corrected chi connectivity index (χ0v) is 22.0. The number of fused-ring (bicyclic) bond motifs is 1. The van der Waals surface area contributed by atoms with E-state index in [1.807, 2.05) is 48.0 Å². The smallest absolute Gasteiger partial charge is 0.257 e. The van der Waals surface area contributed by atoms with E-state index >= 15 is 0 Å². The first-order valence-electron chi connectivity index (χ1n) is 12.0. The fraction of sp³-hybridized carbons (Fsp3) is 0.286. The first kappa shape index (κ1) is 26.1. The Bertz CT molecular complexity index is 1370. The maximum absolute atomic E-state index is 13.1. The largest absolute Gasteiger partial charge is 0.374 e. The van der Waals surface area contributed by atoms with Gasteiger partial charge < -0.3 is 19.9 Å². The fourth-order valence-electron chi connectivity index (χ4n) is 3.98. The summed E-state index contributed by atoms with van der Waals surface area (Å²) in [7, 11) is 1.85. The molecule has 1 unspecified atom stereocenters. The molecule has 0 spiro atoms. The highest BCUT2D eigenvalue weighted by molar-refractivity contribution is 7.18. The molecular formula is C28H30ClN3O3S.